The fourth-order valence-corrected chi connectivity index (χ4v) is 3.79. The second-order valence-electron chi connectivity index (χ2n) is 8.34. The minimum Gasteiger partial charge on any atom is -0.367 e. The Morgan fingerprint density at radius 2 is 1.83 bits per heavy atom. The molecule has 2 atom stereocenters. The van der Waals surface area contributed by atoms with Gasteiger partial charge in [0.15, 0.2) is 5.69 Å². The van der Waals surface area contributed by atoms with E-state index in [0.717, 1.165) is 4.90 Å². The van der Waals surface area contributed by atoms with Gasteiger partial charge in [0, 0.05) is 37.7 Å². The van der Waals surface area contributed by atoms with Crippen LogP contribution >= 0.6 is 0 Å². The van der Waals surface area contributed by atoms with E-state index in [1.54, 1.807) is 6.92 Å². The molecule has 0 aliphatic carbocycles. The highest BCUT2D eigenvalue weighted by molar-refractivity contribution is 5.79. The second kappa shape index (κ2) is 9.44. The average molecular weight is 519 g/mol. The van der Waals surface area contributed by atoms with E-state index < -0.39 is 66.0 Å². The molecule has 1 fully saturated rings. The van der Waals surface area contributed by atoms with Gasteiger partial charge in [0.1, 0.15) is 6.61 Å². The SMILES string of the molecule is C[C@H]1CN(C[C@H](N)CC(=O)N2CCc3c(nc(C(F)(F)C(F)(F)F)nc3C(F)(F)F)C2)C(=O)CO1. The van der Waals surface area contributed by atoms with Crippen LogP contribution in [0.1, 0.15) is 36.1 Å². The molecule has 2 aliphatic rings. The van der Waals surface area contributed by atoms with Crippen LogP contribution in [0.4, 0.5) is 35.1 Å². The Morgan fingerprint density at radius 1 is 1.17 bits per heavy atom. The molecule has 0 spiro atoms. The summed E-state index contributed by atoms with van der Waals surface area (Å²) in [6, 6.07) is -0.862. The summed E-state index contributed by atoms with van der Waals surface area (Å²) in [6.07, 6.45) is -12.7. The van der Waals surface area contributed by atoms with Gasteiger partial charge in [-0.3, -0.25) is 9.59 Å². The number of alkyl halides is 8. The Bertz CT molecular complexity index is 984. The lowest BCUT2D eigenvalue weighted by molar-refractivity contribution is -0.293. The lowest BCUT2D eigenvalue weighted by atomic mass is 10.0. The van der Waals surface area contributed by atoms with Crippen molar-refractivity contribution in [2.24, 2.45) is 5.73 Å². The molecule has 0 bridgehead atoms. The molecule has 16 heteroatoms. The summed E-state index contributed by atoms with van der Waals surface area (Å²) in [6.45, 7) is 0.788. The summed E-state index contributed by atoms with van der Waals surface area (Å²) >= 11 is 0. The molecule has 196 valence electrons. The molecule has 2 aliphatic heterocycles. The third-order valence-corrected chi connectivity index (χ3v) is 5.54. The first-order valence-electron chi connectivity index (χ1n) is 10.4. The zero-order chi connectivity index (χ0) is 26.3. The van der Waals surface area contributed by atoms with Crippen LogP contribution in [0.25, 0.3) is 0 Å². The number of hydrogen-bond acceptors (Lipinski definition) is 6. The predicted molar refractivity (Wildman–Crippen MR) is 101 cm³/mol. The van der Waals surface area contributed by atoms with Crippen molar-refractivity contribution >= 4 is 11.8 Å². The van der Waals surface area contributed by atoms with Gasteiger partial charge in [-0.25, -0.2) is 9.97 Å². The molecule has 1 aromatic heterocycles. The number of rotatable bonds is 5. The summed E-state index contributed by atoms with van der Waals surface area (Å²) in [5, 5.41) is 0. The molecular weight excluding hydrogens is 498 g/mol. The van der Waals surface area contributed by atoms with E-state index in [1.807, 2.05) is 0 Å². The van der Waals surface area contributed by atoms with Crippen molar-refractivity contribution in [1.29, 1.82) is 0 Å². The fraction of sp³-hybridized carbons (Fsp3) is 0.684. The topological polar surface area (TPSA) is 102 Å². The van der Waals surface area contributed by atoms with Crippen LogP contribution in [0.15, 0.2) is 0 Å². The smallest absolute Gasteiger partial charge is 0.367 e. The van der Waals surface area contributed by atoms with Gasteiger partial charge in [0.2, 0.25) is 17.6 Å². The van der Waals surface area contributed by atoms with E-state index in [9.17, 15) is 44.7 Å². The Hall–Kier alpha value is -2.62. The van der Waals surface area contributed by atoms with Gasteiger partial charge in [-0.15, -0.1) is 0 Å². The van der Waals surface area contributed by atoms with E-state index >= 15 is 0 Å². The fourth-order valence-electron chi connectivity index (χ4n) is 3.79. The molecule has 1 aromatic rings. The van der Waals surface area contributed by atoms with E-state index in [4.69, 9.17) is 10.5 Å². The average Bonchev–Trinajstić information content (AvgIpc) is 2.73. The van der Waals surface area contributed by atoms with Crippen molar-refractivity contribution in [2.75, 3.05) is 26.2 Å². The monoisotopic (exact) mass is 519 g/mol. The van der Waals surface area contributed by atoms with Crippen LogP contribution in [0, 0.1) is 0 Å². The van der Waals surface area contributed by atoms with Gasteiger partial charge in [0.05, 0.1) is 18.3 Å². The van der Waals surface area contributed by atoms with Crippen LogP contribution in [0.5, 0.6) is 0 Å². The van der Waals surface area contributed by atoms with Crippen LogP contribution < -0.4 is 5.73 Å². The van der Waals surface area contributed by atoms with E-state index in [2.05, 4.69) is 9.97 Å². The maximum atomic E-state index is 13.8. The van der Waals surface area contributed by atoms with Gasteiger partial charge in [0.25, 0.3) is 0 Å². The van der Waals surface area contributed by atoms with Gasteiger partial charge >= 0.3 is 18.3 Å². The largest absolute Gasteiger partial charge is 0.461 e. The first kappa shape index (κ1) is 27.0. The summed E-state index contributed by atoms with van der Waals surface area (Å²) in [5.41, 5.74) is 2.64. The molecule has 1 saturated heterocycles. The predicted octanol–water partition coefficient (Wildman–Crippen LogP) is 2.00. The zero-order valence-corrected chi connectivity index (χ0v) is 18.2. The Morgan fingerprint density at radius 3 is 2.43 bits per heavy atom. The van der Waals surface area contributed by atoms with E-state index in [-0.39, 0.29) is 44.7 Å². The summed E-state index contributed by atoms with van der Waals surface area (Å²) in [7, 11) is 0. The van der Waals surface area contributed by atoms with E-state index in [0.29, 0.717) is 0 Å². The number of aromatic nitrogens is 2. The Kier molecular flexibility index (Phi) is 7.28. The highest BCUT2D eigenvalue weighted by atomic mass is 19.4. The normalized spacial score (nSPS) is 20.6. The number of fused-ring (bicyclic) bond motifs is 1. The molecule has 2 N–H and O–H groups in total. The van der Waals surface area contributed by atoms with Crippen molar-refractivity contribution in [3.8, 4) is 0 Å². The van der Waals surface area contributed by atoms with Crippen molar-refractivity contribution in [3.05, 3.63) is 22.8 Å². The molecule has 0 unspecified atom stereocenters. The quantitative estimate of drug-likeness (QED) is 0.598. The van der Waals surface area contributed by atoms with Gasteiger partial charge in [-0.2, -0.15) is 35.1 Å². The number of carbonyl (C=O) groups is 2. The maximum Gasteiger partial charge on any atom is 0.461 e. The molecule has 0 aromatic carbocycles. The van der Waals surface area contributed by atoms with Crippen LogP contribution in [0.2, 0.25) is 0 Å². The highest BCUT2D eigenvalue weighted by Crippen LogP contribution is 2.44. The standard InChI is InChI=1S/C19H21F8N5O3/c1-9-5-32(14(34)8-35-9)6-10(28)4-13(33)31-3-2-11-12(7-31)29-16(17(20,21)19(25,26)27)30-15(11)18(22,23)24/h9-10H,2-8,28H2,1H3/t9-,10+/m0/s1. The number of ether oxygens (including phenoxy) is 1. The molecule has 3 heterocycles. The van der Waals surface area contributed by atoms with Crippen molar-refractivity contribution in [3.63, 3.8) is 0 Å². The summed E-state index contributed by atoms with van der Waals surface area (Å²) < 4.78 is 111. The number of halogens is 8. The Balaban J connectivity index is 1.79. The number of nitrogens with zero attached hydrogens (tertiary/aromatic N) is 4. The van der Waals surface area contributed by atoms with Crippen LogP contribution in [-0.4, -0.2) is 76.1 Å². The van der Waals surface area contributed by atoms with Crippen LogP contribution in [-0.2, 0) is 39.4 Å². The third kappa shape index (κ3) is 5.79. The number of morpholine rings is 1. The van der Waals surface area contributed by atoms with Crippen molar-refractivity contribution < 1.29 is 49.4 Å². The first-order chi connectivity index (χ1) is 16.0. The Labute approximate surface area is 193 Å². The molecule has 3 rings (SSSR count). The molecule has 35 heavy (non-hydrogen) atoms. The number of hydrogen-bond donors (Lipinski definition) is 1. The minimum atomic E-state index is -6.23. The van der Waals surface area contributed by atoms with E-state index in [1.165, 1.54) is 4.90 Å². The lowest BCUT2D eigenvalue weighted by Gasteiger charge is -2.34. The number of amides is 2. The maximum absolute atomic E-state index is 13.8. The third-order valence-electron chi connectivity index (χ3n) is 5.54. The first-order valence-corrected chi connectivity index (χ1v) is 10.4. The highest BCUT2D eigenvalue weighted by Gasteiger charge is 2.62. The second-order valence-corrected chi connectivity index (χ2v) is 8.34. The molecule has 0 radical (unpaired) electrons. The van der Waals surface area contributed by atoms with Crippen molar-refractivity contribution in [2.45, 2.75) is 56.7 Å². The van der Waals surface area contributed by atoms with Gasteiger partial charge in [-0.1, -0.05) is 0 Å². The molecular formula is C19H21F8N5O3. The van der Waals surface area contributed by atoms with Gasteiger partial charge < -0.3 is 20.3 Å². The zero-order valence-electron chi connectivity index (χ0n) is 18.2. The van der Waals surface area contributed by atoms with Gasteiger partial charge in [-0.05, 0) is 13.3 Å². The summed E-state index contributed by atoms with van der Waals surface area (Å²) in [4.78, 5) is 32.5. The summed E-state index contributed by atoms with van der Waals surface area (Å²) in [5.74, 6) is -9.11. The molecule has 8 nitrogen and oxygen atoms in total. The molecule has 0 saturated carbocycles. The number of carbonyl (C=O) groups excluding carboxylic acids is 2. The van der Waals surface area contributed by atoms with Crippen molar-refractivity contribution in [1.82, 2.24) is 19.8 Å². The van der Waals surface area contributed by atoms with Crippen LogP contribution in [0.3, 0.4) is 0 Å². The number of nitrogens with two attached hydrogens (primary N) is 1. The molecule has 2 amide bonds. The lowest BCUT2D eigenvalue weighted by Crippen LogP contribution is -2.51. The minimum absolute atomic E-state index is 0.00888.